The van der Waals surface area contributed by atoms with Gasteiger partial charge in [0.05, 0.1) is 0 Å². The molecular weight excluding hydrogens is 495 g/mol. The van der Waals surface area contributed by atoms with Crippen LogP contribution in [0.1, 0.15) is 49.0 Å². The standard InChI is InChI=1S/C15H14O3.C11H15O.Sn/c16-15(17-11-13-7-3-1-4-8-13)18-12-14-9-5-2-6-10-14;1-2-3-9-11(12)10-7-5-4-6-8-10;/h1-10H,11-12H2;4-8,11H,2-3,9H2,1H3;/q;-1;+1. The number of hydrogen-bond acceptors (Lipinski definition) is 4. The van der Waals surface area contributed by atoms with Crippen LogP contribution in [0.15, 0.2) is 91.0 Å². The average molecular weight is 524 g/mol. The van der Waals surface area contributed by atoms with Crippen molar-refractivity contribution in [2.75, 3.05) is 0 Å². The van der Waals surface area contributed by atoms with Crippen molar-refractivity contribution in [3.63, 3.8) is 0 Å². The van der Waals surface area contributed by atoms with E-state index in [0.717, 1.165) is 40.5 Å². The van der Waals surface area contributed by atoms with E-state index in [9.17, 15) is 4.79 Å². The molecule has 0 fully saturated rings. The molecule has 3 aromatic rings. The van der Waals surface area contributed by atoms with Crippen LogP contribution >= 0.6 is 0 Å². The molecule has 1 unspecified atom stereocenters. The van der Waals surface area contributed by atoms with Gasteiger partial charge in [-0.25, -0.2) is 4.79 Å². The number of rotatable bonds is 9. The summed E-state index contributed by atoms with van der Waals surface area (Å²) in [5.41, 5.74) is 3.19. The van der Waals surface area contributed by atoms with Gasteiger partial charge < -0.3 is 9.47 Å². The molecular formula is C26H29O4Sn. The molecule has 0 amide bonds. The molecule has 4 nitrogen and oxygen atoms in total. The van der Waals surface area contributed by atoms with Crippen molar-refractivity contribution in [3.8, 4) is 0 Å². The molecule has 161 valence electrons. The largest absolute Gasteiger partial charge is 0.508 e. The molecule has 0 saturated carbocycles. The third kappa shape index (κ3) is 10.5. The molecule has 0 aliphatic rings. The summed E-state index contributed by atoms with van der Waals surface area (Å²) in [7, 11) is 0. The average Bonchev–Trinajstić information content (AvgIpc) is 2.84. The van der Waals surface area contributed by atoms with Crippen molar-refractivity contribution in [2.24, 2.45) is 0 Å². The summed E-state index contributed by atoms with van der Waals surface area (Å²) >= 11 is 1.16. The summed E-state index contributed by atoms with van der Waals surface area (Å²) in [6.45, 7) is 2.67. The maximum atomic E-state index is 11.3. The Morgan fingerprint density at radius 2 is 1.23 bits per heavy atom. The zero-order valence-electron chi connectivity index (χ0n) is 17.9. The molecule has 0 heterocycles. The van der Waals surface area contributed by atoms with E-state index in [1.165, 1.54) is 18.4 Å². The van der Waals surface area contributed by atoms with E-state index in [1.807, 2.05) is 66.7 Å². The molecule has 31 heavy (non-hydrogen) atoms. The molecule has 3 radical (unpaired) electrons. The van der Waals surface area contributed by atoms with Crippen molar-refractivity contribution < 1.29 is 17.3 Å². The molecule has 0 N–H and O–H groups in total. The molecule has 0 spiro atoms. The van der Waals surface area contributed by atoms with Crippen molar-refractivity contribution in [1.29, 1.82) is 0 Å². The van der Waals surface area contributed by atoms with E-state index in [-0.39, 0.29) is 13.2 Å². The van der Waals surface area contributed by atoms with Crippen LogP contribution in [0.3, 0.4) is 0 Å². The minimum Gasteiger partial charge on any atom is -0.429 e. The predicted octanol–water partition coefficient (Wildman–Crippen LogP) is 6.56. The van der Waals surface area contributed by atoms with Crippen LogP contribution in [0.25, 0.3) is 0 Å². The van der Waals surface area contributed by atoms with Gasteiger partial charge >= 0.3 is 100 Å². The first kappa shape index (κ1) is 25.0. The molecule has 0 aliphatic carbocycles. The summed E-state index contributed by atoms with van der Waals surface area (Å²) in [5, 5.41) is 0. The molecule has 0 saturated heterocycles. The van der Waals surface area contributed by atoms with Gasteiger partial charge in [-0.3, -0.25) is 0 Å². The topological polar surface area (TPSA) is 44.8 Å². The van der Waals surface area contributed by atoms with E-state index >= 15 is 0 Å². The summed E-state index contributed by atoms with van der Waals surface area (Å²) in [5.74, 6) is 0. The van der Waals surface area contributed by atoms with Gasteiger partial charge in [0.2, 0.25) is 0 Å². The molecule has 3 rings (SSSR count). The van der Waals surface area contributed by atoms with Crippen LogP contribution in [0.2, 0.25) is 0 Å². The van der Waals surface area contributed by atoms with Gasteiger partial charge in [0, 0.05) is 0 Å². The molecule has 0 aromatic heterocycles. The van der Waals surface area contributed by atoms with Crippen molar-refractivity contribution in [1.82, 2.24) is 0 Å². The van der Waals surface area contributed by atoms with Gasteiger partial charge in [0.1, 0.15) is 13.2 Å². The van der Waals surface area contributed by atoms with Crippen LogP contribution in [-0.4, -0.2) is 29.1 Å². The Bertz CT molecular complexity index is 796. The Hall–Kier alpha value is -2.31. The van der Waals surface area contributed by atoms with E-state index in [0.29, 0.717) is 6.10 Å². The fraction of sp³-hybridized carbons (Fsp3) is 0.269. The Morgan fingerprint density at radius 1 is 0.774 bits per heavy atom. The summed E-state index contributed by atoms with van der Waals surface area (Å²) in [6, 6.07) is 29.5. The van der Waals surface area contributed by atoms with Crippen LogP contribution in [-0.2, 0) is 25.8 Å². The van der Waals surface area contributed by atoms with Gasteiger partial charge in [0.25, 0.3) is 0 Å². The molecule has 0 aliphatic heterocycles. The maximum absolute atomic E-state index is 11.3. The van der Waals surface area contributed by atoms with E-state index in [2.05, 4.69) is 31.2 Å². The first-order valence-electron chi connectivity index (χ1n) is 10.5. The zero-order chi connectivity index (χ0) is 22.2. The molecule has 5 heteroatoms. The number of unbranched alkanes of at least 4 members (excludes halogenated alkanes) is 1. The Balaban J connectivity index is 0.000000233. The minimum atomic E-state index is -0.650. The van der Waals surface area contributed by atoms with Gasteiger partial charge in [-0.1, -0.05) is 60.7 Å². The van der Waals surface area contributed by atoms with Gasteiger partial charge in [-0.2, -0.15) is 0 Å². The first-order valence-corrected chi connectivity index (χ1v) is 11.6. The SMILES string of the molecule is CCCCC([O][Sn])c1ccccc1.O=C(OCc1ccccc1)OCc1ccccc1. The predicted molar refractivity (Wildman–Crippen MR) is 123 cm³/mol. The fourth-order valence-corrected chi connectivity index (χ4v) is 3.55. The Labute approximate surface area is 199 Å². The van der Waals surface area contributed by atoms with Crippen LogP contribution in [0, 0.1) is 0 Å². The maximum Gasteiger partial charge on any atom is 0.508 e. The van der Waals surface area contributed by atoms with Crippen LogP contribution in [0.4, 0.5) is 4.79 Å². The zero-order valence-corrected chi connectivity index (χ0v) is 20.8. The third-order valence-corrected chi connectivity index (χ3v) is 5.34. The summed E-state index contributed by atoms with van der Waals surface area (Å²) in [6.07, 6.45) is 3.30. The van der Waals surface area contributed by atoms with Gasteiger partial charge in [-0.05, 0) is 11.1 Å². The molecule has 1 atom stereocenters. The number of benzene rings is 3. The second kappa shape index (κ2) is 15.5. The fourth-order valence-electron chi connectivity index (χ4n) is 2.83. The first-order chi connectivity index (χ1) is 15.2. The summed E-state index contributed by atoms with van der Waals surface area (Å²) < 4.78 is 15.5. The number of ether oxygens (including phenoxy) is 2. The van der Waals surface area contributed by atoms with Gasteiger partial charge in [-0.15, -0.1) is 0 Å². The van der Waals surface area contributed by atoms with E-state index < -0.39 is 6.16 Å². The normalized spacial score (nSPS) is 11.0. The Kier molecular flexibility index (Phi) is 12.5. The molecule has 3 aromatic carbocycles. The van der Waals surface area contributed by atoms with Crippen molar-refractivity contribution in [2.45, 2.75) is 45.5 Å². The minimum absolute atomic E-state index is 0.231. The number of carbonyl (C=O) groups is 1. The smallest absolute Gasteiger partial charge is 0.429 e. The quantitative estimate of drug-likeness (QED) is 0.235. The van der Waals surface area contributed by atoms with Crippen LogP contribution in [0.5, 0.6) is 0 Å². The van der Waals surface area contributed by atoms with E-state index in [1.54, 1.807) is 0 Å². The van der Waals surface area contributed by atoms with Crippen molar-refractivity contribution >= 4 is 29.1 Å². The van der Waals surface area contributed by atoms with Gasteiger partial charge in [0.15, 0.2) is 0 Å². The number of hydrogen-bond donors (Lipinski definition) is 0. The van der Waals surface area contributed by atoms with Crippen molar-refractivity contribution in [3.05, 3.63) is 108 Å². The summed E-state index contributed by atoms with van der Waals surface area (Å²) in [4.78, 5) is 11.3. The van der Waals surface area contributed by atoms with E-state index in [4.69, 9.17) is 12.5 Å². The monoisotopic (exact) mass is 525 g/mol. The second-order valence-electron chi connectivity index (χ2n) is 6.96. The van der Waals surface area contributed by atoms with Crippen LogP contribution < -0.4 is 0 Å². The second-order valence-corrected chi connectivity index (χ2v) is 7.63. The Morgan fingerprint density at radius 3 is 1.65 bits per heavy atom. The number of carbonyl (C=O) groups excluding carboxylic acids is 1. The third-order valence-electron chi connectivity index (χ3n) is 4.53. The molecule has 0 bridgehead atoms.